The average Bonchev–Trinajstić information content (AvgIpc) is 3.23. The molecule has 0 saturated heterocycles. The average molecular weight is 663 g/mol. The van der Waals surface area contributed by atoms with Crippen LogP contribution in [-0.2, 0) is 0 Å². The molecule has 242 valence electrons. The van der Waals surface area contributed by atoms with Crippen molar-refractivity contribution in [2.24, 2.45) is 0 Å². The Morgan fingerprint density at radius 3 is 1.63 bits per heavy atom. The lowest BCUT2D eigenvalue weighted by atomic mass is 9.94. The van der Waals surface area contributed by atoms with Crippen LogP contribution in [0.2, 0.25) is 0 Å². The Morgan fingerprint density at radius 1 is 0.308 bits per heavy atom. The summed E-state index contributed by atoms with van der Waals surface area (Å²) in [5, 5.41) is 5.45. The third-order valence-electron chi connectivity index (χ3n) is 9.84. The van der Waals surface area contributed by atoms with Crippen molar-refractivity contribution in [2.45, 2.75) is 0 Å². The zero-order valence-electron chi connectivity index (χ0n) is 28.1. The Morgan fingerprint density at radius 2 is 0.904 bits per heavy atom. The van der Waals surface area contributed by atoms with Gasteiger partial charge in [-0.05, 0) is 58.3 Å². The molecule has 0 radical (unpaired) electrons. The zero-order valence-corrected chi connectivity index (χ0v) is 28.1. The highest BCUT2D eigenvalue weighted by atomic mass is 14.9. The first-order chi connectivity index (χ1) is 25.7. The van der Waals surface area contributed by atoms with Crippen molar-refractivity contribution in [3.8, 4) is 56.3 Å². The van der Waals surface area contributed by atoms with Gasteiger partial charge in [0.05, 0.1) is 33.6 Å². The van der Waals surface area contributed by atoms with Gasteiger partial charge in [-0.2, -0.15) is 0 Å². The van der Waals surface area contributed by atoms with Gasteiger partial charge in [-0.3, -0.25) is 0 Å². The molecule has 7 aromatic carbocycles. The highest BCUT2D eigenvalue weighted by Crippen LogP contribution is 2.37. The fourth-order valence-electron chi connectivity index (χ4n) is 7.22. The monoisotopic (exact) mass is 662 g/mol. The Balaban J connectivity index is 1.16. The van der Waals surface area contributed by atoms with E-state index in [9.17, 15) is 0 Å². The summed E-state index contributed by atoms with van der Waals surface area (Å²) < 4.78 is 0. The molecule has 3 aromatic heterocycles. The second-order valence-corrected chi connectivity index (χ2v) is 13.1. The van der Waals surface area contributed by atoms with Crippen LogP contribution in [0.25, 0.3) is 99.8 Å². The van der Waals surface area contributed by atoms with Gasteiger partial charge in [0.25, 0.3) is 0 Å². The van der Waals surface area contributed by atoms with E-state index in [0.29, 0.717) is 5.82 Å². The van der Waals surface area contributed by atoms with Gasteiger partial charge in [0.1, 0.15) is 0 Å². The maximum Gasteiger partial charge on any atom is 0.160 e. The molecule has 3 heterocycles. The third kappa shape index (κ3) is 5.26. The van der Waals surface area contributed by atoms with E-state index >= 15 is 0 Å². The van der Waals surface area contributed by atoms with E-state index in [1.165, 1.54) is 0 Å². The van der Waals surface area contributed by atoms with Crippen LogP contribution in [0, 0.1) is 0 Å². The maximum atomic E-state index is 5.35. The fourth-order valence-corrected chi connectivity index (χ4v) is 7.22. The quantitative estimate of drug-likeness (QED) is 0.172. The van der Waals surface area contributed by atoms with Crippen LogP contribution in [0.1, 0.15) is 0 Å². The zero-order chi connectivity index (χ0) is 34.4. The molecule has 0 aliphatic heterocycles. The van der Waals surface area contributed by atoms with E-state index in [1.54, 1.807) is 0 Å². The molecule has 0 N–H and O–H groups in total. The van der Waals surface area contributed by atoms with Crippen molar-refractivity contribution in [1.29, 1.82) is 0 Å². The molecule has 0 unspecified atom stereocenters. The Bertz CT molecular complexity index is 2940. The molecule has 4 heteroatoms. The second-order valence-electron chi connectivity index (χ2n) is 13.1. The second kappa shape index (κ2) is 12.4. The summed E-state index contributed by atoms with van der Waals surface area (Å²) in [4.78, 5) is 20.7. The van der Waals surface area contributed by atoms with Crippen molar-refractivity contribution in [3.63, 3.8) is 0 Å². The molecule has 0 saturated carbocycles. The third-order valence-corrected chi connectivity index (χ3v) is 9.84. The number of fused-ring (bicyclic) bond motifs is 5. The predicted molar refractivity (Wildman–Crippen MR) is 215 cm³/mol. The summed E-state index contributed by atoms with van der Waals surface area (Å²) in [7, 11) is 0. The van der Waals surface area contributed by atoms with Gasteiger partial charge in [-0.1, -0.05) is 146 Å². The number of pyridine rings is 2. The number of nitrogens with zero attached hydrogens (tertiary/aromatic N) is 4. The van der Waals surface area contributed by atoms with Crippen LogP contribution >= 0.6 is 0 Å². The molecule has 10 aromatic rings. The lowest BCUT2D eigenvalue weighted by Crippen LogP contribution is -1.96. The smallest absolute Gasteiger partial charge is 0.160 e. The highest BCUT2D eigenvalue weighted by Gasteiger charge is 2.15. The summed E-state index contributed by atoms with van der Waals surface area (Å²) in [5.41, 5.74) is 11.9. The summed E-state index contributed by atoms with van der Waals surface area (Å²) in [5.74, 6) is 0.708. The molecule has 0 aliphatic rings. The lowest BCUT2D eigenvalue weighted by molar-refractivity contribution is 1.23. The van der Waals surface area contributed by atoms with Crippen LogP contribution in [0.3, 0.4) is 0 Å². The van der Waals surface area contributed by atoms with E-state index in [2.05, 4.69) is 140 Å². The van der Waals surface area contributed by atoms with Crippen LogP contribution in [0.4, 0.5) is 0 Å². The molecule has 52 heavy (non-hydrogen) atoms. The number of rotatable bonds is 5. The minimum absolute atomic E-state index is 0.708. The van der Waals surface area contributed by atoms with Gasteiger partial charge >= 0.3 is 0 Å². The minimum Gasteiger partial charge on any atom is -0.245 e. The van der Waals surface area contributed by atoms with Crippen molar-refractivity contribution >= 4 is 43.5 Å². The number of benzene rings is 7. The first-order valence-corrected chi connectivity index (χ1v) is 17.5. The summed E-state index contributed by atoms with van der Waals surface area (Å²) in [6, 6.07) is 63.3. The van der Waals surface area contributed by atoms with Gasteiger partial charge in [0, 0.05) is 38.4 Å². The molecular formula is C48H30N4. The highest BCUT2D eigenvalue weighted by molar-refractivity contribution is 6.06. The van der Waals surface area contributed by atoms with Crippen LogP contribution in [0.5, 0.6) is 0 Å². The summed E-state index contributed by atoms with van der Waals surface area (Å²) in [6.07, 6.45) is 0. The standard InChI is InChI=1S/C48H30N4/c1-4-12-31(13-5-1)42-26-23-33-20-21-34-24-27-43(50-47(34)46(33)49-42)41-29-38(28-37-18-10-11-19-39(37)41)36-22-25-40-44(30-36)51-48(35-16-8-3-9-17-35)52-45(40)32-14-6-2-7-15-32/h1-30H. The Hall–Kier alpha value is -7.04. The predicted octanol–water partition coefficient (Wildman–Crippen LogP) is 12.2. The molecule has 0 aliphatic carbocycles. The molecule has 0 spiro atoms. The van der Waals surface area contributed by atoms with E-state index in [4.69, 9.17) is 19.9 Å². The summed E-state index contributed by atoms with van der Waals surface area (Å²) >= 11 is 0. The SMILES string of the molecule is c1ccc(-c2ccc3ccc4ccc(-c5cc(-c6ccc7c(-c8ccccc8)nc(-c8ccccc8)nc7c6)cc6ccccc56)nc4c3n2)cc1. The first-order valence-electron chi connectivity index (χ1n) is 17.5. The van der Waals surface area contributed by atoms with Crippen molar-refractivity contribution < 1.29 is 0 Å². The van der Waals surface area contributed by atoms with Crippen LogP contribution in [-0.4, -0.2) is 19.9 Å². The van der Waals surface area contributed by atoms with Crippen molar-refractivity contribution in [2.75, 3.05) is 0 Å². The van der Waals surface area contributed by atoms with Crippen LogP contribution < -0.4 is 0 Å². The minimum atomic E-state index is 0.708. The maximum absolute atomic E-state index is 5.35. The number of hydrogen-bond acceptors (Lipinski definition) is 4. The Kier molecular flexibility index (Phi) is 7.10. The van der Waals surface area contributed by atoms with Crippen LogP contribution in [0.15, 0.2) is 182 Å². The fraction of sp³-hybridized carbons (Fsp3) is 0. The molecular weight excluding hydrogens is 633 g/mol. The van der Waals surface area contributed by atoms with Gasteiger partial charge in [0.2, 0.25) is 0 Å². The lowest BCUT2D eigenvalue weighted by Gasteiger charge is -2.14. The molecule has 0 fully saturated rings. The molecule has 10 rings (SSSR count). The van der Waals surface area contributed by atoms with Gasteiger partial charge in [0.15, 0.2) is 5.82 Å². The van der Waals surface area contributed by atoms with Crippen molar-refractivity contribution in [3.05, 3.63) is 182 Å². The molecule has 0 amide bonds. The number of aromatic nitrogens is 4. The molecule has 0 bridgehead atoms. The number of hydrogen-bond donors (Lipinski definition) is 0. The van der Waals surface area contributed by atoms with E-state index in [-0.39, 0.29) is 0 Å². The van der Waals surface area contributed by atoms with Gasteiger partial charge in [-0.15, -0.1) is 0 Å². The van der Waals surface area contributed by atoms with E-state index < -0.39 is 0 Å². The topological polar surface area (TPSA) is 51.6 Å². The Labute approximate surface area is 300 Å². The normalized spacial score (nSPS) is 11.5. The largest absolute Gasteiger partial charge is 0.245 e. The van der Waals surface area contributed by atoms with E-state index in [1.807, 2.05) is 42.5 Å². The first kappa shape index (κ1) is 29.8. The summed E-state index contributed by atoms with van der Waals surface area (Å²) in [6.45, 7) is 0. The van der Waals surface area contributed by atoms with Gasteiger partial charge in [-0.25, -0.2) is 19.9 Å². The van der Waals surface area contributed by atoms with E-state index in [0.717, 1.165) is 93.9 Å². The van der Waals surface area contributed by atoms with Crippen molar-refractivity contribution in [1.82, 2.24) is 19.9 Å². The van der Waals surface area contributed by atoms with Gasteiger partial charge < -0.3 is 0 Å². The molecule has 0 atom stereocenters. The molecule has 4 nitrogen and oxygen atoms in total.